The largest absolute Gasteiger partial charge is 0.393 e. The number of nitrogens with two attached hydrogens (primary N) is 1. The number of nitrogens with zero attached hydrogens (tertiary/aromatic N) is 3. The molecule has 0 radical (unpaired) electrons. The van der Waals surface area contributed by atoms with Gasteiger partial charge in [0.1, 0.15) is 5.69 Å². The normalized spacial score (nSPS) is 10.6. The Balaban J connectivity index is 2.10. The van der Waals surface area contributed by atoms with Gasteiger partial charge < -0.3 is 5.73 Å². The van der Waals surface area contributed by atoms with Crippen molar-refractivity contribution in [2.24, 2.45) is 7.05 Å². The molecule has 2 rings (SSSR count). The molecule has 19 heavy (non-hydrogen) atoms. The number of rotatable bonds is 4. The summed E-state index contributed by atoms with van der Waals surface area (Å²) >= 11 is 1.62. The fourth-order valence-corrected chi connectivity index (χ4v) is 2.71. The van der Waals surface area contributed by atoms with E-state index in [0.29, 0.717) is 5.75 Å². The quantitative estimate of drug-likeness (QED) is 0.402. The second-order valence-corrected chi connectivity index (χ2v) is 5.18. The molecule has 2 aromatic rings. The number of anilines is 1. The van der Waals surface area contributed by atoms with Crippen LogP contribution in [0.2, 0.25) is 0 Å². The molecule has 1 heterocycles. The maximum Gasteiger partial charge on any atom is 0.292 e. The lowest BCUT2D eigenvalue weighted by atomic mass is 10.2. The van der Waals surface area contributed by atoms with Gasteiger partial charge in [0.15, 0.2) is 0 Å². The first-order valence-corrected chi connectivity index (χ1v) is 6.62. The minimum absolute atomic E-state index is 0.0508. The van der Waals surface area contributed by atoms with Crippen molar-refractivity contribution < 1.29 is 4.92 Å². The number of nitro groups is 1. The second-order valence-electron chi connectivity index (χ2n) is 4.19. The molecule has 100 valence electrons. The summed E-state index contributed by atoms with van der Waals surface area (Å²) in [5.41, 5.74) is 7.72. The molecule has 7 heteroatoms. The molecule has 0 unspecified atom stereocenters. The highest BCUT2D eigenvalue weighted by atomic mass is 32.2. The zero-order valence-corrected chi connectivity index (χ0v) is 11.5. The van der Waals surface area contributed by atoms with Crippen molar-refractivity contribution in [1.29, 1.82) is 0 Å². The molecule has 0 saturated heterocycles. The lowest BCUT2D eigenvalue weighted by Gasteiger charge is -2.04. The lowest BCUT2D eigenvalue weighted by molar-refractivity contribution is -0.383. The molecule has 0 aliphatic heterocycles. The molecule has 6 nitrogen and oxygen atoms in total. The predicted octanol–water partition coefficient (Wildman–Crippen LogP) is 2.51. The van der Waals surface area contributed by atoms with Gasteiger partial charge in [-0.1, -0.05) is 6.07 Å². The van der Waals surface area contributed by atoms with Crippen LogP contribution < -0.4 is 5.73 Å². The smallest absolute Gasteiger partial charge is 0.292 e. The van der Waals surface area contributed by atoms with Crippen LogP contribution in [0.4, 0.5) is 11.4 Å². The van der Waals surface area contributed by atoms with Gasteiger partial charge in [0.05, 0.1) is 15.6 Å². The van der Waals surface area contributed by atoms with E-state index in [1.54, 1.807) is 23.9 Å². The minimum Gasteiger partial charge on any atom is -0.393 e. The van der Waals surface area contributed by atoms with Crippen molar-refractivity contribution in [2.75, 3.05) is 5.73 Å². The number of hydrogen-bond acceptors (Lipinski definition) is 5. The van der Waals surface area contributed by atoms with Crippen LogP contribution in [0.5, 0.6) is 0 Å². The molecular formula is C12H14N4O2S. The average molecular weight is 278 g/mol. The van der Waals surface area contributed by atoms with Crippen LogP contribution in [0.15, 0.2) is 29.3 Å². The lowest BCUT2D eigenvalue weighted by Crippen LogP contribution is -1.97. The predicted molar refractivity (Wildman–Crippen MR) is 75.0 cm³/mol. The molecule has 0 atom stereocenters. The van der Waals surface area contributed by atoms with Crippen molar-refractivity contribution in [1.82, 2.24) is 9.78 Å². The summed E-state index contributed by atoms with van der Waals surface area (Å²) in [4.78, 5) is 10.2. The topological polar surface area (TPSA) is 87.0 Å². The van der Waals surface area contributed by atoms with Crippen molar-refractivity contribution in [3.8, 4) is 0 Å². The van der Waals surface area contributed by atoms with Gasteiger partial charge >= 0.3 is 0 Å². The highest BCUT2D eigenvalue weighted by Crippen LogP contribution is 2.27. The van der Waals surface area contributed by atoms with E-state index in [1.165, 1.54) is 6.07 Å². The van der Waals surface area contributed by atoms with Gasteiger partial charge in [-0.15, -0.1) is 11.8 Å². The molecular weight excluding hydrogens is 264 g/mol. The van der Waals surface area contributed by atoms with Crippen LogP contribution in [-0.4, -0.2) is 14.7 Å². The summed E-state index contributed by atoms with van der Waals surface area (Å²) < 4.78 is 1.81. The number of aromatic nitrogens is 2. The van der Waals surface area contributed by atoms with E-state index in [9.17, 15) is 10.1 Å². The summed E-state index contributed by atoms with van der Waals surface area (Å²) in [6.45, 7) is 1.94. The summed E-state index contributed by atoms with van der Waals surface area (Å²) in [5, 5.41) is 16.0. The molecule has 2 N–H and O–H groups in total. The van der Waals surface area contributed by atoms with E-state index in [-0.39, 0.29) is 11.4 Å². The van der Waals surface area contributed by atoms with Crippen LogP contribution >= 0.6 is 11.8 Å². The third-order valence-corrected chi connectivity index (χ3v) is 3.79. The summed E-state index contributed by atoms with van der Waals surface area (Å²) in [6, 6.07) is 6.82. The highest BCUT2D eigenvalue weighted by Gasteiger charge is 2.11. The molecule has 0 aliphatic rings. The first-order valence-electron chi connectivity index (χ1n) is 5.63. The zero-order valence-electron chi connectivity index (χ0n) is 10.7. The number of nitro benzene ring substituents is 1. The van der Waals surface area contributed by atoms with Gasteiger partial charge in [-0.25, -0.2) is 0 Å². The van der Waals surface area contributed by atoms with Crippen LogP contribution in [0.1, 0.15) is 11.3 Å². The maximum atomic E-state index is 10.7. The van der Waals surface area contributed by atoms with Gasteiger partial charge in [-0.2, -0.15) is 5.10 Å². The Morgan fingerprint density at radius 3 is 2.74 bits per heavy atom. The third-order valence-electron chi connectivity index (χ3n) is 2.63. The molecule has 0 bridgehead atoms. The van der Waals surface area contributed by atoms with Crippen LogP contribution in [-0.2, 0) is 12.8 Å². The number of aryl methyl sites for hydroxylation is 2. The van der Waals surface area contributed by atoms with Crippen molar-refractivity contribution >= 4 is 23.1 Å². The van der Waals surface area contributed by atoms with E-state index in [4.69, 9.17) is 5.73 Å². The molecule has 0 saturated carbocycles. The van der Waals surface area contributed by atoms with Crippen LogP contribution in [0.3, 0.4) is 0 Å². The zero-order chi connectivity index (χ0) is 14.0. The fourth-order valence-electron chi connectivity index (χ4n) is 1.74. The van der Waals surface area contributed by atoms with Gasteiger partial charge in [0.2, 0.25) is 0 Å². The van der Waals surface area contributed by atoms with Crippen LogP contribution in [0, 0.1) is 17.0 Å². The Hall–Kier alpha value is -2.02. The molecule has 1 aromatic heterocycles. The SMILES string of the molecule is Cc1cc(SCc2ccc([N+](=O)[O-])c(N)c2)n(C)n1. The Labute approximate surface area is 114 Å². The van der Waals surface area contributed by atoms with Crippen molar-refractivity contribution in [3.05, 3.63) is 45.6 Å². The molecule has 0 amide bonds. The Bertz CT molecular complexity index is 624. The Morgan fingerprint density at radius 2 is 2.21 bits per heavy atom. The number of hydrogen-bond donors (Lipinski definition) is 1. The molecule has 1 aromatic carbocycles. The molecule has 0 aliphatic carbocycles. The number of thioether (sulfide) groups is 1. The summed E-state index contributed by atoms with van der Waals surface area (Å²) in [6.07, 6.45) is 0. The summed E-state index contributed by atoms with van der Waals surface area (Å²) in [5.74, 6) is 0.696. The van der Waals surface area contributed by atoms with E-state index in [2.05, 4.69) is 5.10 Å². The average Bonchev–Trinajstić information content (AvgIpc) is 2.65. The number of nitrogen functional groups attached to an aromatic ring is 1. The van der Waals surface area contributed by atoms with E-state index >= 15 is 0 Å². The Kier molecular flexibility index (Phi) is 3.75. The van der Waals surface area contributed by atoms with Crippen molar-refractivity contribution in [3.63, 3.8) is 0 Å². The van der Waals surface area contributed by atoms with Gasteiger partial charge in [0, 0.05) is 18.9 Å². The first-order chi connectivity index (χ1) is 8.97. The van der Waals surface area contributed by atoms with Gasteiger partial charge in [0.25, 0.3) is 5.69 Å². The molecule has 0 spiro atoms. The monoisotopic (exact) mass is 278 g/mol. The van der Waals surface area contributed by atoms with E-state index < -0.39 is 4.92 Å². The first kappa shape index (κ1) is 13.4. The van der Waals surface area contributed by atoms with Crippen LogP contribution in [0.25, 0.3) is 0 Å². The van der Waals surface area contributed by atoms with Crippen molar-refractivity contribution in [2.45, 2.75) is 17.7 Å². The molecule has 0 fully saturated rings. The fraction of sp³-hybridized carbons (Fsp3) is 0.250. The second kappa shape index (κ2) is 5.31. The minimum atomic E-state index is -0.475. The van der Waals surface area contributed by atoms with Gasteiger partial charge in [-0.05, 0) is 24.6 Å². The number of benzene rings is 1. The highest BCUT2D eigenvalue weighted by molar-refractivity contribution is 7.98. The van der Waals surface area contributed by atoms with E-state index in [1.807, 2.05) is 24.7 Å². The summed E-state index contributed by atoms with van der Waals surface area (Å²) in [7, 11) is 1.89. The van der Waals surface area contributed by atoms with Gasteiger partial charge in [-0.3, -0.25) is 14.8 Å². The Morgan fingerprint density at radius 1 is 1.47 bits per heavy atom. The maximum absolute atomic E-state index is 10.7. The van der Waals surface area contributed by atoms with E-state index in [0.717, 1.165) is 16.3 Å². The standard InChI is InChI=1S/C12H14N4O2S/c1-8-5-12(15(2)14-8)19-7-9-3-4-11(16(17)18)10(13)6-9/h3-6H,7,13H2,1-2H3. The third kappa shape index (κ3) is 3.05.